The van der Waals surface area contributed by atoms with Gasteiger partial charge in [-0.2, -0.15) is 4.98 Å². The topological polar surface area (TPSA) is 86.5 Å². The first-order valence-electron chi connectivity index (χ1n) is 8.91. The molecule has 0 spiro atoms. The molecule has 5 rings (SSSR count). The van der Waals surface area contributed by atoms with Crippen molar-refractivity contribution in [1.82, 2.24) is 10.1 Å². The predicted molar refractivity (Wildman–Crippen MR) is 96.8 cm³/mol. The van der Waals surface area contributed by atoms with Gasteiger partial charge in [-0.05, 0) is 37.1 Å². The van der Waals surface area contributed by atoms with Gasteiger partial charge in [0.15, 0.2) is 11.5 Å². The molecule has 1 aromatic heterocycles. The molecule has 2 aromatic carbocycles. The van der Waals surface area contributed by atoms with Gasteiger partial charge in [-0.25, -0.2) is 0 Å². The average Bonchev–Trinajstić information content (AvgIpc) is 3.29. The van der Waals surface area contributed by atoms with E-state index in [-0.39, 0.29) is 12.7 Å². The molecule has 27 heavy (non-hydrogen) atoms. The number of anilines is 1. The highest BCUT2D eigenvalue weighted by atomic mass is 16.7. The Bertz CT molecular complexity index is 1010. The fraction of sp³-hybridized carbons (Fsp3) is 0.250. The fourth-order valence-corrected chi connectivity index (χ4v) is 3.15. The molecular weight excluding hydrogens is 346 g/mol. The molecule has 3 aromatic rings. The van der Waals surface area contributed by atoms with Gasteiger partial charge in [0.05, 0.1) is 0 Å². The molecule has 136 valence electrons. The standard InChI is InChI=1S/C20H17N3O4/c24-19(21-15-7-8-16-17(10-15)26-11-25-16)14-6-2-5-13(9-14)18-22-20(27-23-18)12-3-1-4-12/h2,5-10,12H,1,3-4,11H2,(H,21,24). The van der Waals surface area contributed by atoms with Crippen molar-refractivity contribution in [3.63, 3.8) is 0 Å². The Kier molecular flexibility index (Phi) is 3.78. The number of nitrogens with zero attached hydrogens (tertiary/aromatic N) is 2. The molecule has 1 aliphatic carbocycles. The van der Waals surface area contributed by atoms with E-state index in [1.165, 1.54) is 6.42 Å². The molecule has 0 atom stereocenters. The largest absolute Gasteiger partial charge is 0.454 e. The molecule has 1 N–H and O–H groups in total. The van der Waals surface area contributed by atoms with Gasteiger partial charge in [0.1, 0.15) is 0 Å². The predicted octanol–water partition coefficient (Wildman–Crippen LogP) is 3.99. The fourth-order valence-electron chi connectivity index (χ4n) is 3.15. The van der Waals surface area contributed by atoms with E-state index in [1.807, 2.05) is 12.1 Å². The molecule has 1 fully saturated rings. The van der Waals surface area contributed by atoms with Crippen LogP contribution in [0.4, 0.5) is 5.69 Å². The molecule has 0 saturated heterocycles. The van der Waals surface area contributed by atoms with Crippen molar-refractivity contribution in [2.24, 2.45) is 0 Å². The van der Waals surface area contributed by atoms with Crippen LogP contribution < -0.4 is 14.8 Å². The van der Waals surface area contributed by atoms with Crippen molar-refractivity contribution in [2.75, 3.05) is 12.1 Å². The minimum Gasteiger partial charge on any atom is -0.454 e. The lowest BCUT2D eigenvalue weighted by molar-refractivity contribution is 0.102. The number of nitrogens with one attached hydrogen (secondary N) is 1. The van der Waals surface area contributed by atoms with Crippen molar-refractivity contribution >= 4 is 11.6 Å². The van der Waals surface area contributed by atoms with Gasteiger partial charge in [-0.3, -0.25) is 4.79 Å². The maximum Gasteiger partial charge on any atom is 0.255 e. The summed E-state index contributed by atoms with van der Waals surface area (Å²) in [6.45, 7) is 0.197. The van der Waals surface area contributed by atoms with Gasteiger partial charge < -0.3 is 19.3 Å². The van der Waals surface area contributed by atoms with Crippen LogP contribution in [0.5, 0.6) is 11.5 Å². The minimum atomic E-state index is -0.224. The highest BCUT2D eigenvalue weighted by Crippen LogP contribution is 2.36. The summed E-state index contributed by atoms with van der Waals surface area (Å²) in [5, 5.41) is 6.93. The van der Waals surface area contributed by atoms with Gasteiger partial charge in [-0.1, -0.05) is 23.7 Å². The molecule has 0 bridgehead atoms. The molecule has 2 heterocycles. The first kappa shape index (κ1) is 15.9. The Hall–Kier alpha value is -3.35. The van der Waals surface area contributed by atoms with Crippen molar-refractivity contribution in [1.29, 1.82) is 0 Å². The van der Waals surface area contributed by atoms with E-state index >= 15 is 0 Å². The van der Waals surface area contributed by atoms with Gasteiger partial charge >= 0.3 is 0 Å². The Labute approximate surface area is 155 Å². The lowest BCUT2D eigenvalue weighted by atomic mass is 9.85. The van der Waals surface area contributed by atoms with Gasteiger partial charge in [-0.15, -0.1) is 0 Å². The van der Waals surface area contributed by atoms with Crippen LogP contribution in [0.2, 0.25) is 0 Å². The van der Waals surface area contributed by atoms with E-state index < -0.39 is 0 Å². The summed E-state index contributed by atoms with van der Waals surface area (Å²) in [6, 6.07) is 12.5. The second-order valence-corrected chi connectivity index (χ2v) is 6.69. The van der Waals surface area contributed by atoms with Crippen LogP contribution in [-0.4, -0.2) is 22.8 Å². The number of hydrogen-bond acceptors (Lipinski definition) is 6. The maximum absolute atomic E-state index is 12.6. The molecule has 1 amide bonds. The van der Waals surface area contributed by atoms with Crippen LogP contribution in [0.1, 0.15) is 41.4 Å². The SMILES string of the molecule is O=C(Nc1ccc2c(c1)OCO2)c1cccc(-c2noc(C3CCC3)n2)c1. The number of fused-ring (bicyclic) bond motifs is 1. The normalized spacial score (nSPS) is 15.4. The van der Waals surface area contributed by atoms with Crippen molar-refractivity contribution in [2.45, 2.75) is 25.2 Å². The Morgan fingerprint density at radius 1 is 1.07 bits per heavy atom. The summed E-state index contributed by atoms with van der Waals surface area (Å²) in [6.07, 6.45) is 3.40. The number of aromatic nitrogens is 2. The quantitative estimate of drug-likeness (QED) is 0.754. The summed E-state index contributed by atoms with van der Waals surface area (Å²) in [5.41, 5.74) is 1.91. The number of amides is 1. The second-order valence-electron chi connectivity index (χ2n) is 6.69. The Morgan fingerprint density at radius 2 is 1.96 bits per heavy atom. The maximum atomic E-state index is 12.6. The zero-order valence-corrected chi connectivity index (χ0v) is 14.5. The summed E-state index contributed by atoms with van der Waals surface area (Å²) in [4.78, 5) is 17.1. The lowest BCUT2D eigenvalue weighted by Gasteiger charge is -2.20. The average molecular weight is 363 g/mol. The number of rotatable bonds is 4. The number of carbonyl (C=O) groups is 1. The molecule has 1 aliphatic heterocycles. The van der Waals surface area contributed by atoms with E-state index in [0.29, 0.717) is 40.4 Å². The van der Waals surface area contributed by atoms with E-state index in [1.54, 1.807) is 30.3 Å². The highest BCUT2D eigenvalue weighted by molar-refractivity contribution is 6.05. The van der Waals surface area contributed by atoms with E-state index in [9.17, 15) is 4.79 Å². The molecule has 7 heteroatoms. The zero-order chi connectivity index (χ0) is 18.2. The first-order chi connectivity index (χ1) is 13.3. The summed E-state index contributed by atoms with van der Waals surface area (Å²) in [5.74, 6) is 2.65. The van der Waals surface area contributed by atoms with Crippen molar-refractivity contribution in [3.8, 4) is 22.9 Å². The summed E-state index contributed by atoms with van der Waals surface area (Å²) >= 11 is 0. The molecule has 2 aliphatic rings. The molecule has 7 nitrogen and oxygen atoms in total. The third-order valence-electron chi connectivity index (χ3n) is 4.91. The molecular formula is C20H17N3O4. The molecule has 0 unspecified atom stereocenters. The molecule has 1 saturated carbocycles. The smallest absolute Gasteiger partial charge is 0.255 e. The Morgan fingerprint density at radius 3 is 2.81 bits per heavy atom. The van der Waals surface area contributed by atoms with Crippen molar-refractivity contribution < 1.29 is 18.8 Å². The Balaban J connectivity index is 1.35. The van der Waals surface area contributed by atoms with E-state index in [0.717, 1.165) is 18.4 Å². The highest BCUT2D eigenvalue weighted by Gasteiger charge is 2.25. The summed E-state index contributed by atoms with van der Waals surface area (Å²) in [7, 11) is 0. The molecule has 0 radical (unpaired) electrons. The monoisotopic (exact) mass is 363 g/mol. The van der Waals surface area contributed by atoms with Gasteiger partial charge in [0.25, 0.3) is 5.91 Å². The van der Waals surface area contributed by atoms with Crippen LogP contribution in [0.25, 0.3) is 11.4 Å². The van der Waals surface area contributed by atoms with Crippen LogP contribution >= 0.6 is 0 Å². The third kappa shape index (κ3) is 3.01. The van der Waals surface area contributed by atoms with Crippen LogP contribution in [-0.2, 0) is 0 Å². The van der Waals surface area contributed by atoms with Crippen LogP contribution in [0, 0.1) is 0 Å². The van der Waals surface area contributed by atoms with E-state index in [2.05, 4.69) is 15.5 Å². The minimum absolute atomic E-state index is 0.197. The number of benzene rings is 2. The zero-order valence-electron chi connectivity index (χ0n) is 14.5. The van der Waals surface area contributed by atoms with Gasteiger partial charge in [0.2, 0.25) is 18.5 Å². The van der Waals surface area contributed by atoms with E-state index in [4.69, 9.17) is 14.0 Å². The second kappa shape index (κ2) is 6.42. The number of carbonyl (C=O) groups excluding carboxylic acids is 1. The number of ether oxygens (including phenoxy) is 2. The van der Waals surface area contributed by atoms with Crippen LogP contribution in [0.15, 0.2) is 47.0 Å². The van der Waals surface area contributed by atoms with Crippen molar-refractivity contribution in [3.05, 3.63) is 53.9 Å². The first-order valence-corrected chi connectivity index (χ1v) is 8.91. The third-order valence-corrected chi connectivity index (χ3v) is 4.91. The number of hydrogen-bond donors (Lipinski definition) is 1. The van der Waals surface area contributed by atoms with Crippen LogP contribution in [0.3, 0.4) is 0 Å². The summed E-state index contributed by atoms with van der Waals surface area (Å²) < 4.78 is 16.0. The van der Waals surface area contributed by atoms with Gasteiger partial charge in [0, 0.05) is 28.8 Å². The lowest BCUT2D eigenvalue weighted by Crippen LogP contribution is -2.11.